The van der Waals surface area contributed by atoms with Gasteiger partial charge in [0.05, 0.1) is 11.8 Å². The lowest BCUT2D eigenvalue weighted by atomic mass is 10.00. The molecule has 102 valence electrons. The van der Waals surface area contributed by atoms with Crippen LogP contribution in [0.2, 0.25) is 0 Å². The number of carbonyl (C=O) groups excluding carboxylic acids is 1. The Labute approximate surface area is 112 Å². The zero-order valence-electron chi connectivity index (χ0n) is 10.8. The SMILES string of the molecule is CC1Oc2ccc(C(O)C3CCCN3)cc2NC1=O. The molecule has 2 aliphatic heterocycles. The van der Waals surface area contributed by atoms with Crippen molar-refractivity contribution < 1.29 is 14.6 Å². The van der Waals surface area contributed by atoms with Crippen molar-refractivity contribution in [3.05, 3.63) is 23.8 Å². The van der Waals surface area contributed by atoms with Gasteiger partial charge in [-0.15, -0.1) is 0 Å². The summed E-state index contributed by atoms with van der Waals surface area (Å²) >= 11 is 0. The first-order chi connectivity index (χ1) is 9.15. The highest BCUT2D eigenvalue weighted by Crippen LogP contribution is 2.33. The van der Waals surface area contributed by atoms with Crippen LogP contribution in [0.4, 0.5) is 5.69 Å². The molecule has 3 rings (SSSR count). The van der Waals surface area contributed by atoms with Crippen LogP contribution in [0.1, 0.15) is 31.4 Å². The van der Waals surface area contributed by atoms with E-state index in [0.717, 1.165) is 24.9 Å². The van der Waals surface area contributed by atoms with E-state index >= 15 is 0 Å². The largest absolute Gasteiger partial charge is 0.479 e. The molecule has 2 aliphatic rings. The van der Waals surface area contributed by atoms with E-state index in [1.165, 1.54) is 0 Å². The lowest BCUT2D eigenvalue weighted by Gasteiger charge is -2.25. The third-order valence-electron chi connectivity index (χ3n) is 3.76. The number of anilines is 1. The number of rotatable bonds is 2. The summed E-state index contributed by atoms with van der Waals surface area (Å²) in [4.78, 5) is 11.6. The van der Waals surface area contributed by atoms with E-state index in [0.29, 0.717) is 11.4 Å². The fourth-order valence-corrected chi connectivity index (χ4v) is 2.62. The number of nitrogens with one attached hydrogen (secondary N) is 2. The van der Waals surface area contributed by atoms with Crippen molar-refractivity contribution in [2.24, 2.45) is 0 Å². The van der Waals surface area contributed by atoms with Gasteiger partial charge in [-0.1, -0.05) is 6.07 Å². The van der Waals surface area contributed by atoms with E-state index < -0.39 is 12.2 Å². The van der Waals surface area contributed by atoms with E-state index in [1.54, 1.807) is 19.1 Å². The number of aliphatic hydroxyl groups excluding tert-OH is 1. The van der Waals surface area contributed by atoms with Crippen LogP contribution in [0.3, 0.4) is 0 Å². The highest BCUT2D eigenvalue weighted by atomic mass is 16.5. The molecule has 1 amide bonds. The number of amides is 1. The summed E-state index contributed by atoms with van der Waals surface area (Å²) in [6, 6.07) is 5.55. The summed E-state index contributed by atoms with van der Waals surface area (Å²) < 4.78 is 5.49. The fourth-order valence-electron chi connectivity index (χ4n) is 2.62. The Bertz CT molecular complexity index is 497. The van der Waals surface area contributed by atoms with Gasteiger partial charge in [-0.05, 0) is 44.0 Å². The van der Waals surface area contributed by atoms with Crippen LogP contribution in [0.15, 0.2) is 18.2 Å². The van der Waals surface area contributed by atoms with Crippen molar-refractivity contribution in [2.45, 2.75) is 38.0 Å². The number of aliphatic hydroxyl groups is 1. The molecule has 0 aromatic heterocycles. The van der Waals surface area contributed by atoms with Crippen molar-refractivity contribution in [3.8, 4) is 5.75 Å². The standard InChI is InChI=1S/C14H18N2O3/c1-8-14(18)16-11-7-9(4-5-12(11)19-8)13(17)10-3-2-6-15-10/h4-5,7-8,10,13,15,17H,2-3,6H2,1H3,(H,16,18). The van der Waals surface area contributed by atoms with Gasteiger partial charge in [0.2, 0.25) is 0 Å². The minimum atomic E-state index is -0.552. The van der Waals surface area contributed by atoms with E-state index in [4.69, 9.17) is 4.74 Å². The molecule has 1 aromatic carbocycles. The van der Waals surface area contributed by atoms with Crippen LogP contribution in [-0.4, -0.2) is 29.7 Å². The summed E-state index contributed by atoms with van der Waals surface area (Å²) in [5.41, 5.74) is 1.44. The smallest absolute Gasteiger partial charge is 0.265 e. The second-order valence-electron chi connectivity index (χ2n) is 5.15. The summed E-state index contributed by atoms with van der Waals surface area (Å²) in [7, 11) is 0. The van der Waals surface area contributed by atoms with Crippen LogP contribution in [0, 0.1) is 0 Å². The first-order valence-electron chi connectivity index (χ1n) is 6.68. The summed E-state index contributed by atoms with van der Waals surface area (Å²) in [6.07, 6.45) is 1.03. The number of benzene rings is 1. The molecule has 5 nitrogen and oxygen atoms in total. The van der Waals surface area contributed by atoms with E-state index in [-0.39, 0.29) is 11.9 Å². The summed E-state index contributed by atoms with van der Waals surface area (Å²) in [5, 5.41) is 16.4. The molecule has 0 aliphatic carbocycles. The quantitative estimate of drug-likeness (QED) is 0.749. The van der Waals surface area contributed by atoms with Gasteiger partial charge in [-0.2, -0.15) is 0 Å². The molecule has 0 saturated carbocycles. The normalized spacial score (nSPS) is 27.4. The number of hydrogen-bond donors (Lipinski definition) is 3. The highest BCUT2D eigenvalue weighted by molar-refractivity contribution is 5.97. The Morgan fingerprint density at radius 2 is 2.32 bits per heavy atom. The highest BCUT2D eigenvalue weighted by Gasteiger charge is 2.27. The molecular weight excluding hydrogens is 244 g/mol. The van der Waals surface area contributed by atoms with Gasteiger partial charge in [0.1, 0.15) is 5.75 Å². The van der Waals surface area contributed by atoms with Crippen molar-refractivity contribution >= 4 is 11.6 Å². The zero-order valence-corrected chi connectivity index (χ0v) is 10.8. The van der Waals surface area contributed by atoms with Gasteiger partial charge in [0, 0.05) is 6.04 Å². The van der Waals surface area contributed by atoms with Gasteiger partial charge in [0.25, 0.3) is 5.91 Å². The van der Waals surface area contributed by atoms with Crippen LogP contribution >= 0.6 is 0 Å². The molecule has 1 aromatic rings. The summed E-state index contributed by atoms with van der Waals surface area (Å²) in [5.74, 6) is 0.501. The molecule has 0 bridgehead atoms. The minimum Gasteiger partial charge on any atom is -0.479 e. The molecule has 19 heavy (non-hydrogen) atoms. The maximum atomic E-state index is 11.6. The van der Waals surface area contributed by atoms with Gasteiger partial charge in [0.15, 0.2) is 6.10 Å². The third-order valence-corrected chi connectivity index (χ3v) is 3.76. The molecule has 3 unspecified atom stereocenters. The Kier molecular flexibility index (Phi) is 3.16. The van der Waals surface area contributed by atoms with Crippen LogP contribution in [-0.2, 0) is 4.79 Å². The number of fused-ring (bicyclic) bond motifs is 1. The average Bonchev–Trinajstić information content (AvgIpc) is 2.93. The van der Waals surface area contributed by atoms with Gasteiger partial charge < -0.3 is 20.5 Å². The molecule has 5 heteroatoms. The zero-order chi connectivity index (χ0) is 13.4. The molecule has 1 saturated heterocycles. The molecule has 3 atom stereocenters. The molecule has 2 heterocycles. The fraction of sp³-hybridized carbons (Fsp3) is 0.500. The maximum Gasteiger partial charge on any atom is 0.265 e. The third kappa shape index (κ3) is 2.31. The molecule has 1 fully saturated rings. The second-order valence-corrected chi connectivity index (χ2v) is 5.15. The van der Waals surface area contributed by atoms with Crippen molar-refractivity contribution in [3.63, 3.8) is 0 Å². The molecule has 0 spiro atoms. The van der Waals surface area contributed by atoms with E-state index in [9.17, 15) is 9.90 Å². The predicted molar refractivity (Wildman–Crippen MR) is 71.1 cm³/mol. The molecular formula is C14H18N2O3. The Morgan fingerprint density at radius 1 is 1.47 bits per heavy atom. The Balaban J connectivity index is 1.84. The van der Waals surface area contributed by atoms with Gasteiger partial charge >= 0.3 is 0 Å². The Morgan fingerprint density at radius 3 is 3.05 bits per heavy atom. The van der Waals surface area contributed by atoms with Crippen LogP contribution < -0.4 is 15.4 Å². The van der Waals surface area contributed by atoms with Crippen molar-refractivity contribution in [2.75, 3.05) is 11.9 Å². The first kappa shape index (κ1) is 12.4. The Hall–Kier alpha value is -1.59. The lowest BCUT2D eigenvalue weighted by Crippen LogP contribution is -2.34. The summed E-state index contributed by atoms with van der Waals surface area (Å²) in [6.45, 7) is 2.66. The van der Waals surface area contributed by atoms with E-state index in [1.807, 2.05) is 6.07 Å². The maximum absolute atomic E-state index is 11.6. The van der Waals surface area contributed by atoms with Crippen LogP contribution in [0.5, 0.6) is 5.75 Å². The lowest BCUT2D eigenvalue weighted by molar-refractivity contribution is -0.122. The number of carbonyl (C=O) groups is 1. The minimum absolute atomic E-state index is 0.0946. The van der Waals surface area contributed by atoms with Gasteiger partial charge in [-0.25, -0.2) is 0 Å². The van der Waals surface area contributed by atoms with Crippen LogP contribution in [0.25, 0.3) is 0 Å². The average molecular weight is 262 g/mol. The van der Waals surface area contributed by atoms with E-state index in [2.05, 4.69) is 10.6 Å². The number of hydrogen-bond acceptors (Lipinski definition) is 4. The monoisotopic (exact) mass is 262 g/mol. The topological polar surface area (TPSA) is 70.6 Å². The first-order valence-corrected chi connectivity index (χ1v) is 6.68. The second kappa shape index (κ2) is 4.83. The molecule has 0 radical (unpaired) electrons. The number of ether oxygens (including phenoxy) is 1. The predicted octanol–water partition coefficient (Wildman–Crippen LogP) is 1.19. The molecule has 3 N–H and O–H groups in total. The van der Waals surface area contributed by atoms with Crippen molar-refractivity contribution in [1.29, 1.82) is 0 Å². The van der Waals surface area contributed by atoms with Gasteiger partial charge in [-0.3, -0.25) is 4.79 Å². The van der Waals surface area contributed by atoms with Crippen molar-refractivity contribution in [1.82, 2.24) is 5.32 Å².